The van der Waals surface area contributed by atoms with Crippen LogP contribution in [0.4, 0.5) is 5.69 Å². The lowest BCUT2D eigenvalue weighted by atomic mass is 10.0. The average Bonchev–Trinajstić information content (AvgIpc) is 3.40. The van der Waals surface area contributed by atoms with Crippen molar-refractivity contribution in [3.63, 3.8) is 0 Å². The molecule has 0 aliphatic carbocycles. The number of benzene rings is 2. The van der Waals surface area contributed by atoms with Gasteiger partial charge in [0.2, 0.25) is 0 Å². The summed E-state index contributed by atoms with van der Waals surface area (Å²) in [5.41, 5.74) is 1.44. The fourth-order valence-corrected chi connectivity index (χ4v) is 4.98. The van der Waals surface area contributed by atoms with Gasteiger partial charge in [0.25, 0.3) is 0 Å². The van der Waals surface area contributed by atoms with Crippen molar-refractivity contribution in [2.24, 2.45) is 0 Å². The number of aromatic nitrogens is 1. The lowest BCUT2D eigenvalue weighted by Gasteiger charge is -2.26. The number of furan rings is 1. The molecule has 1 aliphatic heterocycles. The first kappa shape index (κ1) is 20.9. The number of pyridine rings is 1. The van der Waals surface area contributed by atoms with Crippen LogP contribution >= 0.6 is 35.6 Å². The minimum Gasteiger partial charge on any atom is -0.506 e. The number of aromatic hydroxyl groups is 1. The maximum absolute atomic E-state index is 10.5. The molecule has 4 aromatic rings. The van der Waals surface area contributed by atoms with Gasteiger partial charge in [-0.3, -0.25) is 4.98 Å². The summed E-state index contributed by atoms with van der Waals surface area (Å²) in [5, 5.41) is 15.8. The molecule has 1 saturated heterocycles. The molecule has 2 atom stereocenters. The molecule has 0 amide bonds. The van der Waals surface area contributed by atoms with Gasteiger partial charge in [-0.05, 0) is 72.9 Å². The van der Waals surface area contributed by atoms with Crippen molar-refractivity contribution in [3.05, 3.63) is 102 Å². The quantitative estimate of drug-likeness (QED) is 0.323. The summed E-state index contributed by atoms with van der Waals surface area (Å²) in [6.45, 7) is 0. The standard InChI is InChI=1S/C24H18ClN3O2S2/c25-15-8-10-16(11-9-15)32-21-13-12-20(30-21)23-22(17-5-3-4-14-26-17)27-24(31)28(23)18-6-1-2-7-19(18)29/h1-14,22-23,29H,(H,27,31). The molecule has 0 bridgehead atoms. The van der Waals surface area contributed by atoms with Gasteiger partial charge in [-0.2, -0.15) is 0 Å². The molecule has 2 N–H and O–H groups in total. The fourth-order valence-electron chi connectivity index (χ4n) is 3.74. The minimum absolute atomic E-state index is 0.144. The van der Waals surface area contributed by atoms with Crippen molar-refractivity contribution >= 4 is 46.4 Å². The second kappa shape index (κ2) is 8.86. The van der Waals surface area contributed by atoms with E-state index >= 15 is 0 Å². The van der Waals surface area contributed by atoms with E-state index in [1.54, 1.807) is 18.3 Å². The maximum Gasteiger partial charge on any atom is 0.174 e. The Kier molecular flexibility index (Phi) is 5.78. The number of thiocarbonyl (C=S) groups is 1. The monoisotopic (exact) mass is 479 g/mol. The molecule has 2 aromatic carbocycles. The number of nitrogens with one attached hydrogen (secondary N) is 1. The zero-order chi connectivity index (χ0) is 22.1. The van der Waals surface area contributed by atoms with Gasteiger partial charge in [0.1, 0.15) is 17.6 Å². The number of hydrogen-bond donors (Lipinski definition) is 2. The van der Waals surface area contributed by atoms with Gasteiger partial charge in [-0.1, -0.05) is 41.6 Å². The van der Waals surface area contributed by atoms with E-state index in [-0.39, 0.29) is 17.8 Å². The van der Waals surface area contributed by atoms with Crippen molar-refractivity contribution < 1.29 is 9.52 Å². The van der Waals surface area contributed by atoms with Crippen LogP contribution < -0.4 is 10.2 Å². The van der Waals surface area contributed by atoms with Gasteiger partial charge in [0.15, 0.2) is 10.2 Å². The summed E-state index contributed by atoms with van der Waals surface area (Å²) in [7, 11) is 0. The highest BCUT2D eigenvalue weighted by Crippen LogP contribution is 2.45. The molecule has 160 valence electrons. The molecule has 5 rings (SSSR count). The summed E-state index contributed by atoms with van der Waals surface area (Å²) in [4.78, 5) is 7.44. The number of anilines is 1. The smallest absolute Gasteiger partial charge is 0.174 e. The van der Waals surface area contributed by atoms with Gasteiger partial charge >= 0.3 is 0 Å². The first-order chi connectivity index (χ1) is 15.6. The zero-order valence-electron chi connectivity index (χ0n) is 16.7. The van der Waals surface area contributed by atoms with Crippen LogP contribution in [-0.2, 0) is 0 Å². The Balaban J connectivity index is 1.54. The molecule has 8 heteroatoms. The SMILES string of the molecule is Oc1ccccc1N1C(=S)NC(c2ccccn2)C1c1ccc(Sc2ccc(Cl)cc2)o1. The van der Waals surface area contributed by atoms with Crippen LogP contribution in [0.2, 0.25) is 5.02 Å². The third kappa shape index (κ3) is 4.07. The van der Waals surface area contributed by atoms with E-state index in [1.165, 1.54) is 11.8 Å². The minimum atomic E-state index is -0.328. The normalized spacial score (nSPS) is 18.0. The van der Waals surface area contributed by atoms with Crippen molar-refractivity contribution in [1.82, 2.24) is 10.3 Å². The highest BCUT2D eigenvalue weighted by molar-refractivity contribution is 7.99. The summed E-state index contributed by atoms with van der Waals surface area (Å²) < 4.78 is 6.27. The molecule has 2 unspecified atom stereocenters. The molecule has 0 saturated carbocycles. The number of nitrogens with zero attached hydrogens (tertiary/aromatic N) is 2. The molecule has 0 radical (unpaired) electrons. The Labute approximate surface area is 200 Å². The van der Waals surface area contributed by atoms with Crippen molar-refractivity contribution in [2.75, 3.05) is 4.90 Å². The van der Waals surface area contributed by atoms with Crippen LogP contribution in [0, 0.1) is 0 Å². The number of para-hydroxylation sites is 2. The Hall–Kier alpha value is -3.00. The third-order valence-corrected chi connectivity index (χ3v) is 6.66. The Morgan fingerprint density at radius 1 is 1.00 bits per heavy atom. The molecule has 0 spiro atoms. The van der Waals surface area contributed by atoms with Crippen molar-refractivity contribution in [2.45, 2.75) is 22.1 Å². The van der Waals surface area contributed by atoms with Crippen LogP contribution in [0.3, 0.4) is 0 Å². The highest BCUT2D eigenvalue weighted by Gasteiger charge is 2.43. The van der Waals surface area contributed by atoms with Crippen LogP contribution in [-0.4, -0.2) is 15.2 Å². The predicted octanol–water partition coefficient (Wildman–Crippen LogP) is 6.36. The summed E-state index contributed by atoms with van der Waals surface area (Å²) >= 11 is 13.2. The highest BCUT2D eigenvalue weighted by atomic mass is 35.5. The summed E-state index contributed by atoms with van der Waals surface area (Å²) in [6, 6.07) is 23.8. The molecule has 1 fully saturated rings. The van der Waals surface area contributed by atoms with Gasteiger partial charge < -0.3 is 19.7 Å². The van der Waals surface area contributed by atoms with E-state index in [0.717, 1.165) is 15.7 Å². The van der Waals surface area contributed by atoms with Crippen LogP contribution in [0.1, 0.15) is 23.5 Å². The number of rotatable bonds is 5. The molecule has 5 nitrogen and oxygen atoms in total. The molecular weight excluding hydrogens is 462 g/mol. The number of hydrogen-bond acceptors (Lipinski definition) is 5. The third-order valence-electron chi connectivity index (χ3n) is 5.17. The first-order valence-electron chi connectivity index (χ1n) is 9.92. The van der Waals surface area contributed by atoms with Crippen LogP contribution in [0.5, 0.6) is 5.75 Å². The lowest BCUT2D eigenvalue weighted by molar-refractivity contribution is 0.382. The van der Waals surface area contributed by atoms with E-state index in [4.69, 9.17) is 28.2 Å². The second-order valence-electron chi connectivity index (χ2n) is 7.20. The summed E-state index contributed by atoms with van der Waals surface area (Å²) in [5.74, 6) is 0.860. The van der Waals surface area contributed by atoms with E-state index in [2.05, 4.69) is 10.3 Å². The number of phenols is 1. The Morgan fingerprint density at radius 3 is 2.53 bits per heavy atom. The first-order valence-corrected chi connectivity index (χ1v) is 11.5. The largest absolute Gasteiger partial charge is 0.506 e. The van der Waals surface area contributed by atoms with E-state index in [1.807, 2.05) is 71.6 Å². The average molecular weight is 480 g/mol. The number of phenolic OH excluding ortho intramolecular Hbond substituents is 1. The van der Waals surface area contributed by atoms with Gasteiger partial charge in [0, 0.05) is 16.1 Å². The van der Waals surface area contributed by atoms with E-state index in [9.17, 15) is 5.11 Å². The van der Waals surface area contributed by atoms with Gasteiger partial charge in [-0.25, -0.2) is 0 Å². The Bertz CT molecular complexity index is 1250. The summed E-state index contributed by atoms with van der Waals surface area (Å²) in [6.07, 6.45) is 1.75. The topological polar surface area (TPSA) is 61.5 Å². The van der Waals surface area contributed by atoms with E-state index < -0.39 is 0 Å². The predicted molar refractivity (Wildman–Crippen MR) is 130 cm³/mol. The molecule has 2 aromatic heterocycles. The zero-order valence-corrected chi connectivity index (χ0v) is 19.1. The molecule has 32 heavy (non-hydrogen) atoms. The fraction of sp³-hybridized carbons (Fsp3) is 0.0833. The maximum atomic E-state index is 10.5. The van der Waals surface area contributed by atoms with Crippen molar-refractivity contribution in [3.8, 4) is 5.75 Å². The van der Waals surface area contributed by atoms with E-state index in [0.29, 0.717) is 21.6 Å². The van der Waals surface area contributed by atoms with Gasteiger partial charge in [-0.15, -0.1) is 0 Å². The van der Waals surface area contributed by atoms with Crippen molar-refractivity contribution in [1.29, 1.82) is 0 Å². The molecular formula is C24H18ClN3O2S2. The molecule has 1 aliphatic rings. The Morgan fingerprint density at radius 2 is 1.78 bits per heavy atom. The van der Waals surface area contributed by atoms with Crippen LogP contribution in [0.25, 0.3) is 0 Å². The number of halogens is 1. The lowest BCUT2D eigenvalue weighted by Crippen LogP contribution is -2.29. The molecule has 3 heterocycles. The van der Waals surface area contributed by atoms with Gasteiger partial charge in [0.05, 0.1) is 17.4 Å². The van der Waals surface area contributed by atoms with Crippen LogP contribution in [0.15, 0.2) is 99.5 Å². The second-order valence-corrected chi connectivity index (χ2v) is 9.10.